The number of halogens is 9. The van der Waals surface area contributed by atoms with Gasteiger partial charge in [-0.15, -0.1) is 0 Å². The lowest BCUT2D eigenvalue weighted by molar-refractivity contribution is -0.138. The average molecular weight is 526 g/mol. The number of hydrogen-bond acceptors (Lipinski definition) is 0. The zero-order chi connectivity index (χ0) is 26.5. The molecule has 3 aliphatic carbocycles. The summed E-state index contributed by atoms with van der Waals surface area (Å²) in [5, 5.41) is 0. The fourth-order valence-corrected chi connectivity index (χ4v) is 6.89. The lowest BCUT2D eigenvalue weighted by Crippen LogP contribution is -2.25. The molecule has 37 heavy (non-hydrogen) atoms. The van der Waals surface area contributed by atoms with Gasteiger partial charge in [-0.2, -0.15) is 39.5 Å². The van der Waals surface area contributed by atoms with Gasteiger partial charge in [-0.3, -0.25) is 0 Å². The molecule has 0 saturated heterocycles. The number of hydrogen-bond donors (Lipinski definition) is 0. The van der Waals surface area contributed by atoms with Crippen molar-refractivity contribution < 1.29 is 39.5 Å². The quantitative estimate of drug-likeness (QED) is 0.277. The van der Waals surface area contributed by atoms with Crippen LogP contribution in [0.4, 0.5) is 39.5 Å². The Morgan fingerprint density at radius 3 is 1.62 bits per heavy atom. The summed E-state index contributed by atoms with van der Waals surface area (Å²) in [6, 6.07) is 9.07. The molecular weight excluding hydrogens is 507 g/mol. The number of benzene rings is 3. The van der Waals surface area contributed by atoms with Gasteiger partial charge >= 0.3 is 18.5 Å². The molecular formula is C28H19F9. The van der Waals surface area contributed by atoms with E-state index in [-0.39, 0.29) is 45.9 Å². The van der Waals surface area contributed by atoms with Gasteiger partial charge < -0.3 is 0 Å². The highest BCUT2D eigenvalue weighted by atomic mass is 19.4. The molecule has 2 fully saturated rings. The molecule has 9 heteroatoms. The van der Waals surface area contributed by atoms with Gasteiger partial charge in [0.25, 0.3) is 0 Å². The maximum Gasteiger partial charge on any atom is 0.416 e. The lowest BCUT2D eigenvalue weighted by atomic mass is 9.63. The summed E-state index contributed by atoms with van der Waals surface area (Å²) in [5.41, 5.74) is -1.30. The molecule has 0 aliphatic heterocycles. The summed E-state index contributed by atoms with van der Waals surface area (Å²) in [7, 11) is 0. The lowest BCUT2D eigenvalue weighted by Gasteiger charge is -2.40. The molecule has 0 spiro atoms. The summed E-state index contributed by atoms with van der Waals surface area (Å²) in [6.45, 7) is 0. The predicted molar refractivity (Wildman–Crippen MR) is 119 cm³/mol. The normalized spacial score (nSPS) is 24.6. The Kier molecular flexibility index (Phi) is 5.12. The van der Waals surface area contributed by atoms with Crippen LogP contribution in [0.2, 0.25) is 0 Å². The van der Waals surface area contributed by atoms with Crippen LogP contribution in [0, 0.1) is 11.8 Å². The summed E-state index contributed by atoms with van der Waals surface area (Å²) < 4.78 is 122. The van der Waals surface area contributed by atoms with E-state index in [4.69, 9.17) is 0 Å². The van der Waals surface area contributed by atoms with E-state index in [1.165, 1.54) is 6.07 Å². The van der Waals surface area contributed by atoms with Crippen molar-refractivity contribution in [2.45, 2.75) is 49.6 Å². The Labute approximate surface area is 206 Å². The number of rotatable bonds is 1. The van der Waals surface area contributed by atoms with Crippen LogP contribution in [0.15, 0.2) is 54.6 Å². The number of alkyl halides is 9. The van der Waals surface area contributed by atoms with Crippen LogP contribution in [0.3, 0.4) is 0 Å². The van der Waals surface area contributed by atoms with E-state index >= 15 is 0 Å². The maximum absolute atomic E-state index is 14.0. The summed E-state index contributed by atoms with van der Waals surface area (Å²) in [6.07, 6.45) is -11.5. The molecule has 4 unspecified atom stereocenters. The molecule has 0 N–H and O–H groups in total. The summed E-state index contributed by atoms with van der Waals surface area (Å²) in [4.78, 5) is 0. The van der Waals surface area contributed by atoms with Gasteiger partial charge in [0.1, 0.15) is 0 Å². The Hall–Kier alpha value is -2.97. The Morgan fingerprint density at radius 2 is 1.03 bits per heavy atom. The van der Waals surface area contributed by atoms with Gasteiger partial charge in [-0.25, -0.2) is 0 Å². The van der Waals surface area contributed by atoms with Crippen LogP contribution >= 0.6 is 0 Å². The van der Waals surface area contributed by atoms with Crippen molar-refractivity contribution in [2.24, 2.45) is 11.8 Å². The SMILES string of the molecule is FC(F)(F)c1ccc(-c2cc(C(F)(F)F)cc3c2C2C4CCC(C4)C2c2ccc(C(F)(F)F)cc2-3)cc1. The topological polar surface area (TPSA) is 0 Å². The summed E-state index contributed by atoms with van der Waals surface area (Å²) in [5.74, 6) is -0.0125. The maximum atomic E-state index is 14.0. The van der Waals surface area contributed by atoms with Gasteiger partial charge in [0.05, 0.1) is 16.7 Å². The van der Waals surface area contributed by atoms with E-state index in [9.17, 15) is 39.5 Å². The average Bonchev–Trinajstić information content (AvgIpc) is 3.44. The van der Waals surface area contributed by atoms with Gasteiger partial charge in [0, 0.05) is 0 Å². The molecule has 0 aromatic heterocycles. The first-order chi connectivity index (χ1) is 17.2. The third-order valence-corrected chi connectivity index (χ3v) is 8.31. The first-order valence-electron chi connectivity index (χ1n) is 11.9. The van der Waals surface area contributed by atoms with Gasteiger partial charge in [-0.1, -0.05) is 18.2 Å². The van der Waals surface area contributed by atoms with Gasteiger partial charge in [-0.05, 0) is 113 Å². The molecule has 3 aliphatic rings. The van der Waals surface area contributed by atoms with E-state index in [1.54, 1.807) is 0 Å². The minimum absolute atomic E-state index is 0.0830. The molecule has 2 saturated carbocycles. The van der Waals surface area contributed by atoms with Crippen LogP contribution in [0.1, 0.15) is 58.9 Å². The zero-order valence-electron chi connectivity index (χ0n) is 19.0. The van der Waals surface area contributed by atoms with E-state index in [2.05, 4.69) is 0 Å². The van der Waals surface area contributed by atoms with E-state index in [0.29, 0.717) is 11.1 Å². The molecule has 194 valence electrons. The standard InChI is InChI=1S/C28H19F9/c29-26(30,31)16-5-3-13(4-6-16)20-11-18(28(35,36)37)12-22-21-10-17(27(32,33)34)7-8-19(21)23-14-1-2-15(9-14)24(23)25(20)22/h3-8,10-12,14-15,23-24H,1-2,9H2. The molecule has 2 bridgehead atoms. The molecule has 3 aromatic rings. The van der Waals surface area contributed by atoms with Crippen LogP contribution in [-0.4, -0.2) is 0 Å². The molecule has 0 radical (unpaired) electrons. The molecule has 3 aromatic carbocycles. The first-order valence-corrected chi connectivity index (χ1v) is 11.9. The predicted octanol–water partition coefficient (Wildman–Crippen LogP) is 9.69. The fraction of sp³-hybridized carbons (Fsp3) is 0.357. The van der Waals surface area contributed by atoms with E-state index in [1.807, 2.05) is 0 Å². The molecule has 0 amide bonds. The van der Waals surface area contributed by atoms with Crippen molar-refractivity contribution in [3.8, 4) is 22.3 Å². The Bertz CT molecular complexity index is 1380. The van der Waals surface area contributed by atoms with Crippen molar-refractivity contribution in [1.82, 2.24) is 0 Å². The van der Waals surface area contributed by atoms with Gasteiger partial charge in [0.15, 0.2) is 0 Å². The van der Waals surface area contributed by atoms with Crippen molar-refractivity contribution in [1.29, 1.82) is 0 Å². The second-order valence-corrected chi connectivity index (χ2v) is 10.2. The first kappa shape index (κ1) is 24.4. The molecule has 4 atom stereocenters. The fourth-order valence-electron chi connectivity index (χ4n) is 6.89. The molecule has 0 heterocycles. The number of fused-ring (bicyclic) bond motifs is 10. The van der Waals surface area contributed by atoms with Crippen molar-refractivity contribution in [3.05, 3.63) is 82.4 Å². The smallest absolute Gasteiger partial charge is 0.166 e. The van der Waals surface area contributed by atoms with Crippen molar-refractivity contribution in [2.75, 3.05) is 0 Å². The molecule has 0 nitrogen and oxygen atoms in total. The highest BCUT2D eigenvalue weighted by Crippen LogP contribution is 2.66. The van der Waals surface area contributed by atoms with Crippen molar-refractivity contribution in [3.63, 3.8) is 0 Å². The van der Waals surface area contributed by atoms with Crippen LogP contribution < -0.4 is 0 Å². The monoisotopic (exact) mass is 526 g/mol. The minimum Gasteiger partial charge on any atom is -0.166 e. The highest BCUT2D eigenvalue weighted by molar-refractivity contribution is 5.85. The Balaban J connectivity index is 1.65. The second kappa shape index (κ2) is 7.77. The molecule has 6 rings (SSSR count). The van der Waals surface area contributed by atoms with Crippen LogP contribution in [0.25, 0.3) is 22.3 Å². The third-order valence-electron chi connectivity index (χ3n) is 8.31. The zero-order valence-corrected chi connectivity index (χ0v) is 19.0. The van der Waals surface area contributed by atoms with E-state index < -0.39 is 35.2 Å². The van der Waals surface area contributed by atoms with Crippen LogP contribution in [-0.2, 0) is 18.5 Å². The van der Waals surface area contributed by atoms with E-state index in [0.717, 1.165) is 67.8 Å². The summed E-state index contributed by atoms with van der Waals surface area (Å²) >= 11 is 0. The highest BCUT2D eigenvalue weighted by Gasteiger charge is 2.53. The van der Waals surface area contributed by atoms with Crippen molar-refractivity contribution >= 4 is 0 Å². The third kappa shape index (κ3) is 3.84. The Morgan fingerprint density at radius 1 is 0.514 bits per heavy atom. The largest absolute Gasteiger partial charge is 0.416 e. The minimum atomic E-state index is -4.80. The van der Waals surface area contributed by atoms with Gasteiger partial charge in [0.2, 0.25) is 0 Å². The van der Waals surface area contributed by atoms with Crippen LogP contribution in [0.5, 0.6) is 0 Å². The second-order valence-electron chi connectivity index (χ2n) is 10.2.